The number of amides is 1. The van der Waals surface area contributed by atoms with Crippen molar-refractivity contribution in [3.63, 3.8) is 0 Å². The number of nitrogen functional groups attached to an aromatic ring is 1. The highest BCUT2D eigenvalue weighted by molar-refractivity contribution is 7.29. The first-order valence-corrected chi connectivity index (χ1v) is 11.8. The summed E-state index contributed by atoms with van der Waals surface area (Å²) in [4.78, 5) is 21.2. The number of hydrogen-bond acceptors (Lipinski definition) is 7. The van der Waals surface area contributed by atoms with Gasteiger partial charge in [0.15, 0.2) is 0 Å². The number of thiazole rings is 1. The third-order valence-corrected chi connectivity index (χ3v) is 8.06. The Labute approximate surface area is 178 Å². The van der Waals surface area contributed by atoms with Gasteiger partial charge in [-0.25, -0.2) is 4.98 Å². The van der Waals surface area contributed by atoms with E-state index < -0.39 is 0 Å². The standard InChI is InChI=1S/C21H25N5OS2/c1-12-24-21-19(28-12)17(22)18(29-21)20(27)25-15-4-2-14-11-16(5-3-13(14)10-15)26-8-6-23-7-9-26/h3,5,11,15,23H,2,4,6-10,22H2,1H3,(H,25,27)/t15-/m1/s1. The van der Waals surface area contributed by atoms with Gasteiger partial charge < -0.3 is 21.3 Å². The van der Waals surface area contributed by atoms with E-state index >= 15 is 0 Å². The van der Waals surface area contributed by atoms with Crippen molar-refractivity contribution in [1.29, 1.82) is 0 Å². The minimum atomic E-state index is -0.0683. The van der Waals surface area contributed by atoms with Crippen molar-refractivity contribution in [3.05, 3.63) is 39.2 Å². The van der Waals surface area contributed by atoms with Crippen molar-refractivity contribution in [3.8, 4) is 0 Å². The molecule has 4 N–H and O–H groups in total. The van der Waals surface area contributed by atoms with Gasteiger partial charge in [0.2, 0.25) is 0 Å². The Morgan fingerprint density at radius 1 is 1.28 bits per heavy atom. The lowest BCUT2D eigenvalue weighted by atomic mass is 9.87. The van der Waals surface area contributed by atoms with Crippen LogP contribution in [0.15, 0.2) is 18.2 Å². The van der Waals surface area contributed by atoms with Gasteiger partial charge in [0.25, 0.3) is 5.91 Å². The number of aryl methyl sites for hydroxylation is 2. The molecule has 1 saturated heterocycles. The van der Waals surface area contributed by atoms with E-state index in [1.54, 1.807) is 11.3 Å². The molecular weight excluding hydrogens is 402 g/mol. The van der Waals surface area contributed by atoms with Crippen molar-refractivity contribution in [2.75, 3.05) is 36.8 Å². The van der Waals surface area contributed by atoms with Crippen LogP contribution < -0.4 is 21.3 Å². The Hall–Kier alpha value is -2.16. The van der Waals surface area contributed by atoms with E-state index in [2.05, 4.69) is 38.7 Å². The molecule has 29 heavy (non-hydrogen) atoms. The zero-order chi connectivity index (χ0) is 20.0. The van der Waals surface area contributed by atoms with Gasteiger partial charge in [0, 0.05) is 37.9 Å². The highest BCUT2D eigenvalue weighted by atomic mass is 32.1. The van der Waals surface area contributed by atoms with Gasteiger partial charge in [-0.1, -0.05) is 6.07 Å². The Morgan fingerprint density at radius 2 is 2.10 bits per heavy atom. The molecule has 6 nitrogen and oxygen atoms in total. The van der Waals surface area contributed by atoms with Crippen LogP contribution in [0.4, 0.5) is 11.4 Å². The predicted molar refractivity (Wildman–Crippen MR) is 121 cm³/mol. The molecule has 0 saturated carbocycles. The van der Waals surface area contributed by atoms with Crippen LogP contribution in [0.5, 0.6) is 0 Å². The number of nitrogens with two attached hydrogens (primary N) is 1. The molecule has 1 aromatic carbocycles. The minimum Gasteiger partial charge on any atom is -0.396 e. The van der Waals surface area contributed by atoms with Crippen molar-refractivity contribution in [2.45, 2.75) is 32.2 Å². The molecule has 0 bridgehead atoms. The van der Waals surface area contributed by atoms with Crippen molar-refractivity contribution >= 4 is 49.5 Å². The molecule has 2 aliphatic rings. The van der Waals surface area contributed by atoms with E-state index in [-0.39, 0.29) is 11.9 Å². The third-order valence-electron chi connectivity index (χ3n) is 5.83. The summed E-state index contributed by atoms with van der Waals surface area (Å²) in [6.07, 6.45) is 2.83. The topological polar surface area (TPSA) is 83.3 Å². The second-order valence-corrected chi connectivity index (χ2v) is 10.0. The fraction of sp³-hybridized carbons (Fsp3) is 0.429. The van der Waals surface area contributed by atoms with E-state index in [1.807, 2.05) is 6.92 Å². The maximum absolute atomic E-state index is 12.8. The number of hydrogen-bond donors (Lipinski definition) is 3. The first kappa shape index (κ1) is 18.8. The highest BCUT2D eigenvalue weighted by Crippen LogP contribution is 2.37. The van der Waals surface area contributed by atoms with E-state index in [0.29, 0.717) is 10.6 Å². The molecule has 3 heterocycles. The summed E-state index contributed by atoms with van der Waals surface area (Å²) in [6, 6.07) is 6.97. The molecule has 3 aromatic rings. The number of carbonyl (C=O) groups excluding carboxylic acids is 1. The molecule has 8 heteroatoms. The van der Waals surface area contributed by atoms with Crippen LogP contribution in [0, 0.1) is 6.92 Å². The fourth-order valence-electron chi connectivity index (χ4n) is 4.31. The average Bonchev–Trinajstić information content (AvgIpc) is 3.25. The third kappa shape index (κ3) is 3.60. The fourth-order valence-corrected chi connectivity index (χ4v) is 6.40. The van der Waals surface area contributed by atoms with E-state index in [0.717, 1.165) is 60.0 Å². The lowest BCUT2D eigenvalue weighted by Gasteiger charge is -2.31. The number of benzene rings is 1. The van der Waals surface area contributed by atoms with Crippen LogP contribution >= 0.6 is 22.7 Å². The summed E-state index contributed by atoms with van der Waals surface area (Å²) >= 11 is 2.95. The normalized spacial score (nSPS) is 19.3. The smallest absolute Gasteiger partial charge is 0.263 e. The van der Waals surface area contributed by atoms with Crippen LogP contribution in [0.2, 0.25) is 0 Å². The molecule has 152 valence electrons. The number of piperazine rings is 1. The first-order valence-electron chi connectivity index (χ1n) is 10.1. The monoisotopic (exact) mass is 427 g/mol. The largest absolute Gasteiger partial charge is 0.396 e. The summed E-state index contributed by atoms with van der Waals surface area (Å²) < 4.78 is 0.937. The van der Waals surface area contributed by atoms with Crippen molar-refractivity contribution in [2.24, 2.45) is 0 Å². The summed E-state index contributed by atoms with van der Waals surface area (Å²) in [5, 5.41) is 7.59. The van der Waals surface area contributed by atoms with Gasteiger partial charge in [-0.2, -0.15) is 0 Å². The van der Waals surface area contributed by atoms with Crippen LogP contribution in [0.25, 0.3) is 9.53 Å². The minimum absolute atomic E-state index is 0.0683. The Morgan fingerprint density at radius 3 is 2.90 bits per heavy atom. The van der Waals surface area contributed by atoms with Crippen LogP contribution in [0.1, 0.15) is 32.2 Å². The Balaban J connectivity index is 1.28. The molecule has 0 spiro atoms. The number of carbonyl (C=O) groups is 1. The lowest BCUT2D eigenvalue weighted by molar-refractivity contribution is 0.0938. The average molecular weight is 428 g/mol. The molecule has 0 radical (unpaired) electrons. The molecule has 1 amide bonds. The summed E-state index contributed by atoms with van der Waals surface area (Å²) in [6.45, 7) is 6.18. The van der Waals surface area contributed by atoms with E-state index in [9.17, 15) is 4.79 Å². The molecule has 1 atom stereocenters. The Bertz CT molecular complexity index is 1070. The van der Waals surface area contributed by atoms with Gasteiger partial charge in [0.05, 0.1) is 15.4 Å². The zero-order valence-electron chi connectivity index (χ0n) is 16.5. The van der Waals surface area contributed by atoms with Gasteiger partial charge in [-0.05, 0) is 49.4 Å². The second-order valence-electron chi connectivity index (χ2n) is 7.82. The number of thiophene rings is 1. The quantitative estimate of drug-likeness (QED) is 0.599. The molecule has 5 rings (SSSR count). The summed E-state index contributed by atoms with van der Waals surface area (Å²) in [7, 11) is 0. The molecular formula is C21H25N5OS2. The molecule has 1 fully saturated rings. The summed E-state index contributed by atoms with van der Waals surface area (Å²) in [5.74, 6) is -0.0683. The van der Waals surface area contributed by atoms with Gasteiger partial charge in [-0.3, -0.25) is 4.79 Å². The Kier molecular flexibility index (Phi) is 4.93. The number of rotatable bonds is 3. The summed E-state index contributed by atoms with van der Waals surface area (Å²) in [5.41, 5.74) is 10.9. The molecule has 1 aliphatic carbocycles. The van der Waals surface area contributed by atoms with E-state index in [4.69, 9.17) is 5.73 Å². The number of anilines is 2. The maximum atomic E-state index is 12.8. The van der Waals surface area contributed by atoms with Crippen LogP contribution in [-0.4, -0.2) is 43.1 Å². The second kappa shape index (κ2) is 7.59. The number of fused-ring (bicyclic) bond motifs is 2. The van der Waals surface area contributed by atoms with Gasteiger partial charge >= 0.3 is 0 Å². The van der Waals surface area contributed by atoms with Gasteiger partial charge in [-0.15, -0.1) is 22.7 Å². The predicted octanol–water partition coefficient (Wildman–Crippen LogP) is 2.95. The van der Waals surface area contributed by atoms with Crippen molar-refractivity contribution < 1.29 is 4.79 Å². The maximum Gasteiger partial charge on any atom is 0.263 e. The molecule has 1 aliphatic heterocycles. The first-order chi connectivity index (χ1) is 14.1. The highest BCUT2D eigenvalue weighted by Gasteiger charge is 2.25. The zero-order valence-corrected chi connectivity index (χ0v) is 18.1. The van der Waals surface area contributed by atoms with Crippen LogP contribution in [-0.2, 0) is 12.8 Å². The van der Waals surface area contributed by atoms with E-state index in [1.165, 1.54) is 28.2 Å². The van der Waals surface area contributed by atoms with Crippen LogP contribution in [0.3, 0.4) is 0 Å². The molecule has 2 aromatic heterocycles. The van der Waals surface area contributed by atoms with Crippen molar-refractivity contribution in [1.82, 2.24) is 15.6 Å². The van der Waals surface area contributed by atoms with Gasteiger partial charge in [0.1, 0.15) is 9.71 Å². The lowest BCUT2D eigenvalue weighted by Crippen LogP contribution is -2.43. The molecule has 0 unspecified atom stereocenters. The SMILES string of the molecule is Cc1nc2sc(C(=O)N[C@@H]3CCc4cc(N5CCNCC5)ccc4C3)c(N)c2s1. The number of nitrogens with zero attached hydrogens (tertiary/aromatic N) is 2. The number of aromatic nitrogens is 1. The number of nitrogens with one attached hydrogen (secondary N) is 2.